The fourth-order valence-corrected chi connectivity index (χ4v) is 4.92. The highest BCUT2D eigenvalue weighted by atomic mass is 32.2. The van der Waals surface area contributed by atoms with Crippen molar-refractivity contribution < 1.29 is 27.5 Å². The SMILES string of the molecule is CC(C)CC(=O)NNC(=O)C1CCCN1S(=O)(=O)c1ccc2c(c1)OCCO2. The predicted molar refractivity (Wildman–Crippen MR) is 100 cm³/mol. The largest absolute Gasteiger partial charge is 0.486 e. The van der Waals surface area contributed by atoms with E-state index in [-0.39, 0.29) is 29.7 Å². The van der Waals surface area contributed by atoms with Gasteiger partial charge in [0, 0.05) is 19.0 Å². The predicted octanol–water partition coefficient (Wildman–Crippen LogP) is 0.804. The third kappa shape index (κ3) is 4.39. The summed E-state index contributed by atoms with van der Waals surface area (Å²) in [5.41, 5.74) is 4.69. The molecule has 0 bridgehead atoms. The first kappa shape index (κ1) is 20.4. The topological polar surface area (TPSA) is 114 Å². The van der Waals surface area contributed by atoms with Crippen molar-refractivity contribution in [2.45, 2.75) is 44.0 Å². The maximum absolute atomic E-state index is 13.1. The summed E-state index contributed by atoms with van der Waals surface area (Å²) in [6.07, 6.45) is 1.21. The van der Waals surface area contributed by atoms with Crippen LogP contribution in [-0.2, 0) is 19.6 Å². The van der Waals surface area contributed by atoms with Gasteiger partial charge in [0.2, 0.25) is 15.9 Å². The van der Waals surface area contributed by atoms with Crippen LogP contribution >= 0.6 is 0 Å². The number of fused-ring (bicyclic) bond motifs is 1. The number of nitrogens with zero attached hydrogens (tertiary/aromatic N) is 1. The Hall–Kier alpha value is -2.33. The molecule has 1 atom stereocenters. The molecule has 1 fully saturated rings. The molecule has 154 valence electrons. The van der Waals surface area contributed by atoms with Crippen molar-refractivity contribution in [3.63, 3.8) is 0 Å². The van der Waals surface area contributed by atoms with Crippen LogP contribution in [0.15, 0.2) is 23.1 Å². The standard InChI is InChI=1S/C18H25N3O6S/c1-12(2)10-17(22)19-20-18(23)14-4-3-7-21(14)28(24,25)13-5-6-15-16(11-13)27-9-8-26-15/h5-6,11-12,14H,3-4,7-10H2,1-2H3,(H,19,22)(H,20,23). The zero-order valence-corrected chi connectivity index (χ0v) is 16.8. The van der Waals surface area contributed by atoms with Crippen LogP contribution in [0.4, 0.5) is 0 Å². The summed E-state index contributed by atoms with van der Waals surface area (Å²) < 4.78 is 38.2. The Morgan fingerprint density at radius 3 is 2.61 bits per heavy atom. The average Bonchev–Trinajstić information content (AvgIpc) is 3.16. The minimum Gasteiger partial charge on any atom is -0.486 e. The van der Waals surface area contributed by atoms with Crippen LogP contribution in [-0.4, -0.2) is 50.3 Å². The van der Waals surface area contributed by atoms with Crippen LogP contribution in [0, 0.1) is 5.92 Å². The lowest BCUT2D eigenvalue weighted by atomic mass is 10.1. The van der Waals surface area contributed by atoms with Crippen LogP contribution in [0.25, 0.3) is 0 Å². The van der Waals surface area contributed by atoms with Crippen molar-refractivity contribution in [2.75, 3.05) is 19.8 Å². The number of carbonyl (C=O) groups is 2. The highest BCUT2D eigenvalue weighted by Gasteiger charge is 2.40. The van der Waals surface area contributed by atoms with E-state index in [4.69, 9.17) is 9.47 Å². The molecule has 0 aromatic heterocycles. The second kappa shape index (κ2) is 8.36. The van der Waals surface area contributed by atoms with Gasteiger partial charge in [-0.05, 0) is 30.9 Å². The van der Waals surface area contributed by atoms with Crippen LogP contribution in [0.5, 0.6) is 11.5 Å². The van der Waals surface area contributed by atoms with E-state index in [1.165, 1.54) is 16.4 Å². The van der Waals surface area contributed by atoms with Gasteiger partial charge in [-0.25, -0.2) is 8.42 Å². The Morgan fingerprint density at radius 2 is 1.89 bits per heavy atom. The first-order valence-electron chi connectivity index (χ1n) is 9.29. The molecule has 0 spiro atoms. The van der Waals surface area contributed by atoms with Crippen LogP contribution < -0.4 is 20.3 Å². The number of hydrazine groups is 1. The fourth-order valence-electron chi connectivity index (χ4n) is 3.25. The Kier molecular flexibility index (Phi) is 6.09. The van der Waals surface area contributed by atoms with E-state index in [0.717, 1.165) is 0 Å². The molecule has 10 heteroatoms. The summed E-state index contributed by atoms with van der Waals surface area (Å²) in [6.45, 7) is 4.77. The van der Waals surface area contributed by atoms with Crippen molar-refractivity contribution in [1.82, 2.24) is 15.2 Å². The van der Waals surface area contributed by atoms with E-state index in [9.17, 15) is 18.0 Å². The van der Waals surface area contributed by atoms with E-state index in [0.29, 0.717) is 37.6 Å². The molecule has 1 saturated heterocycles. The Bertz CT molecular complexity index is 855. The van der Waals surface area contributed by atoms with Gasteiger partial charge >= 0.3 is 0 Å². The molecule has 1 aromatic rings. The second-order valence-corrected chi connectivity index (χ2v) is 9.11. The quantitative estimate of drug-likeness (QED) is 0.693. The molecule has 2 amide bonds. The lowest BCUT2D eigenvalue weighted by molar-refractivity contribution is -0.131. The number of hydrogen-bond acceptors (Lipinski definition) is 6. The van der Waals surface area contributed by atoms with Gasteiger partial charge in [0.1, 0.15) is 19.3 Å². The smallest absolute Gasteiger partial charge is 0.256 e. The number of carbonyl (C=O) groups excluding carboxylic acids is 2. The number of nitrogens with one attached hydrogen (secondary N) is 2. The lowest BCUT2D eigenvalue weighted by Crippen LogP contribution is -2.51. The van der Waals surface area contributed by atoms with Gasteiger partial charge in [0.05, 0.1) is 4.90 Å². The van der Waals surface area contributed by atoms with Crippen LogP contribution in [0.3, 0.4) is 0 Å². The maximum atomic E-state index is 13.1. The molecule has 2 N–H and O–H groups in total. The summed E-state index contributed by atoms with van der Waals surface area (Å²) in [4.78, 5) is 24.2. The summed E-state index contributed by atoms with van der Waals surface area (Å²) in [7, 11) is -3.90. The number of rotatable bonds is 5. The highest BCUT2D eigenvalue weighted by Crippen LogP contribution is 2.34. The molecule has 2 heterocycles. The Balaban J connectivity index is 1.72. The third-order valence-corrected chi connectivity index (χ3v) is 6.45. The molecule has 9 nitrogen and oxygen atoms in total. The number of hydrogen-bond donors (Lipinski definition) is 2. The fraction of sp³-hybridized carbons (Fsp3) is 0.556. The van der Waals surface area contributed by atoms with E-state index in [2.05, 4.69) is 10.9 Å². The van der Waals surface area contributed by atoms with Gasteiger partial charge in [-0.3, -0.25) is 20.4 Å². The van der Waals surface area contributed by atoms with Crippen molar-refractivity contribution in [1.29, 1.82) is 0 Å². The maximum Gasteiger partial charge on any atom is 0.256 e. The molecule has 3 rings (SSSR count). The number of amides is 2. The molecule has 1 aromatic carbocycles. The molecular formula is C18H25N3O6S. The monoisotopic (exact) mass is 411 g/mol. The summed E-state index contributed by atoms with van der Waals surface area (Å²) in [5, 5.41) is 0. The molecule has 0 aliphatic carbocycles. The van der Waals surface area contributed by atoms with E-state index < -0.39 is 22.0 Å². The van der Waals surface area contributed by atoms with E-state index >= 15 is 0 Å². The van der Waals surface area contributed by atoms with Crippen LogP contribution in [0.1, 0.15) is 33.1 Å². The number of benzene rings is 1. The van der Waals surface area contributed by atoms with Crippen molar-refractivity contribution in [2.24, 2.45) is 5.92 Å². The second-order valence-electron chi connectivity index (χ2n) is 7.21. The molecule has 2 aliphatic rings. The minimum absolute atomic E-state index is 0.0419. The average molecular weight is 411 g/mol. The number of sulfonamides is 1. The normalized spacial score (nSPS) is 19.5. The van der Waals surface area contributed by atoms with Gasteiger partial charge < -0.3 is 9.47 Å². The van der Waals surface area contributed by atoms with Crippen molar-refractivity contribution in [3.05, 3.63) is 18.2 Å². The van der Waals surface area contributed by atoms with Crippen molar-refractivity contribution >= 4 is 21.8 Å². The summed E-state index contributed by atoms with van der Waals surface area (Å²) in [6, 6.07) is 3.54. The van der Waals surface area contributed by atoms with Gasteiger partial charge in [-0.1, -0.05) is 13.8 Å². The van der Waals surface area contributed by atoms with Gasteiger partial charge in [0.25, 0.3) is 5.91 Å². The first-order valence-corrected chi connectivity index (χ1v) is 10.7. The lowest BCUT2D eigenvalue weighted by Gasteiger charge is -2.24. The molecule has 0 radical (unpaired) electrons. The molecule has 1 unspecified atom stereocenters. The van der Waals surface area contributed by atoms with Gasteiger partial charge in [0.15, 0.2) is 11.5 Å². The Labute approximate surface area is 164 Å². The van der Waals surface area contributed by atoms with Crippen molar-refractivity contribution in [3.8, 4) is 11.5 Å². The van der Waals surface area contributed by atoms with Crippen LogP contribution in [0.2, 0.25) is 0 Å². The van der Waals surface area contributed by atoms with E-state index in [1.54, 1.807) is 6.07 Å². The molecule has 2 aliphatic heterocycles. The zero-order chi connectivity index (χ0) is 20.3. The summed E-state index contributed by atoms with van der Waals surface area (Å²) >= 11 is 0. The van der Waals surface area contributed by atoms with Gasteiger partial charge in [-0.15, -0.1) is 0 Å². The molecule has 0 saturated carbocycles. The van der Waals surface area contributed by atoms with E-state index in [1.807, 2.05) is 13.8 Å². The number of ether oxygens (including phenoxy) is 2. The highest BCUT2D eigenvalue weighted by molar-refractivity contribution is 7.89. The summed E-state index contributed by atoms with van der Waals surface area (Å²) in [5.74, 6) is 0.149. The molecule has 28 heavy (non-hydrogen) atoms. The molecular weight excluding hydrogens is 386 g/mol. The Morgan fingerprint density at radius 1 is 1.18 bits per heavy atom. The first-order chi connectivity index (χ1) is 13.3. The zero-order valence-electron chi connectivity index (χ0n) is 15.9. The van der Waals surface area contributed by atoms with Gasteiger partial charge in [-0.2, -0.15) is 4.31 Å². The minimum atomic E-state index is -3.90. The third-order valence-electron chi connectivity index (χ3n) is 4.55.